The molecule has 1 atom stereocenters. The average molecular weight is 362 g/mol. The van der Waals surface area contributed by atoms with Crippen LogP contribution in [0.4, 0.5) is 4.39 Å². The molecular formula is C15H12BrCl2F. The van der Waals surface area contributed by atoms with Crippen LogP contribution in [-0.4, -0.2) is 5.88 Å². The van der Waals surface area contributed by atoms with Crippen molar-refractivity contribution in [3.8, 4) is 0 Å². The van der Waals surface area contributed by atoms with E-state index in [0.717, 1.165) is 10.0 Å². The third kappa shape index (κ3) is 3.71. The summed E-state index contributed by atoms with van der Waals surface area (Å²) in [6.45, 7) is 0. The molecule has 0 aliphatic heterocycles. The number of halogens is 4. The first-order valence-electron chi connectivity index (χ1n) is 5.86. The average Bonchev–Trinajstić information content (AvgIpc) is 2.42. The van der Waals surface area contributed by atoms with Crippen molar-refractivity contribution in [3.63, 3.8) is 0 Å². The highest BCUT2D eigenvalue weighted by Gasteiger charge is 2.15. The molecule has 0 saturated carbocycles. The largest absolute Gasteiger partial charge is 0.205 e. The van der Waals surface area contributed by atoms with E-state index in [2.05, 4.69) is 15.9 Å². The Labute approximate surface area is 130 Å². The lowest BCUT2D eigenvalue weighted by atomic mass is 9.93. The molecule has 0 N–H and O–H groups in total. The fourth-order valence-corrected chi connectivity index (χ4v) is 2.71. The van der Waals surface area contributed by atoms with Crippen LogP contribution in [0.5, 0.6) is 0 Å². The number of hydrogen-bond donors (Lipinski definition) is 0. The summed E-state index contributed by atoms with van der Waals surface area (Å²) in [5, 5.41) is 0.154. The Balaban J connectivity index is 2.24. The molecule has 0 aliphatic rings. The van der Waals surface area contributed by atoms with E-state index in [1.807, 2.05) is 24.3 Å². The van der Waals surface area contributed by atoms with Gasteiger partial charge >= 0.3 is 0 Å². The number of alkyl halides is 1. The Morgan fingerprint density at radius 1 is 1.11 bits per heavy atom. The van der Waals surface area contributed by atoms with Gasteiger partial charge in [-0.3, -0.25) is 0 Å². The van der Waals surface area contributed by atoms with Gasteiger partial charge < -0.3 is 0 Å². The van der Waals surface area contributed by atoms with Gasteiger partial charge in [0.1, 0.15) is 5.82 Å². The summed E-state index contributed by atoms with van der Waals surface area (Å²) in [4.78, 5) is 0. The molecule has 0 heterocycles. The molecule has 0 radical (unpaired) electrons. The van der Waals surface area contributed by atoms with E-state index in [1.54, 1.807) is 18.2 Å². The molecule has 0 fully saturated rings. The number of rotatable bonds is 4. The lowest BCUT2D eigenvalue weighted by molar-refractivity contribution is 0.599. The van der Waals surface area contributed by atoms with Crippen LogP contribution in [0.25, 0.3) is 0 Å². The molecule has 2 aromatic rings. The zero-order valence-corrected chi connectivity index (χ0v) is 13.1. The van der Waals surface area contributed by atoms with Gasteiger partial charge in [-0.1, -0.05) is 51.8 Å². The topological polar surface area (TPSA) is 0 Å². The second-order valence-electron chi connectivity index (χ2n) is 4.32. The Morgan fingerprint density at radius 2 is 1.79 bits per heavy atom. The van der Waals surface area contributed by atoms with E-state index in [0.29, 0.717) is 17.9 Å². The molecule has 100 valence electrons. The smallest absolute Gasteiger partial charge is 0.144 e. The maximum absolute atomic E-state index is 13.9. The van der Waals surface area contributed by atoms with Crippen molar-refractivity contribution < 1.29 is 4.39 Å². The predicted octanol–water partition coefficient (Wildman–Crippen LogP) is 5.81. The fourth-order valence-electron chi connectivity index (χ4n) is 1.97. The Bertz CT molecular complexity index is 555. The minimum absolute atomic E-state index is 0.0720. The van der Waals surface area contributed by atoms with Gasteiger partial charge in [0.25, 0.3) is 0 Å². The van der Waals surface area contributed by atoms with Gasteiger partial charge in [0, 0.05) is 16.3 Å². The highest BCUT2D eigenvalue weighted by molar-refractivity contribution is 9.10. The summed E-state index contributed by atoms with van der Waals surface area (Å²) in [6.07, 6.45) is 0.539. The van der Waals surface area contributed by atoms with Crippen LogP contribution in [0.2, 0.25) is 5.02 Å². The normalized spacial score (nSPS) is 12.4. The fraction of sp³-hybridized carbons (Fsp3) is 0.200. The molecule has 0 spiro atoms. The summed E-state index contributed by atoms with van der Waals surface area (Å²) in [5.41, 5.74) is 1.69. The van der Waals surface area contributed by atoms with Crippen molar-refractivity contribution in [3.05, 3.63) is 68.9 Å². The van der Waals surface area contributed by atoms with Crippen LogP contribution >= 0.6 is 39.1 Å². The zero-order valence-electron chi connectivity index (χ0n) is 10.0. The van der Waals surface area contributed by atoms with Crippen molar-refractivity contribution in [2.45, 2.75) is 12.3 Å². The second-order valence-corrected chi connectivity index (χ2v) is 5.95. The molecule has 0 amide bonds. The number of benzene rings is 2. The van der Waals surface area contributed by atoms with Crippen molar-refractivity contribution >= 4 is 39.1 Å². The number of hydrogen-bond acceptors (Lipinski definition) is 0. The van der Waals surface area contributed by atoms with E-state index in [4.69, 9.17) is 23.2 Å². The highest BCUT2D eigenvalue weighted by atomic mass is 79.9. The summed E-state index contributed by atoms with van der Waals surface area (Å²) in [7, 11) is 0. The molecule has 0 aliphatic carbocycles. The second kappa shape index (κ2) is 6.74. The summed E-state index contributed by atoms with van der Waals surface area (Å²) in [6, 6.07) is 13.0. The van der Waals surface area contributed by atoms with Crippen LogP contribution in [0.1, 0.15) is 17.0 Å². The molecule has 0 bridgehead atoms. The Hall–Kier alpha value is -0.570. The minimum Gasteiger partial charge on any atom is -0.205 e. The first-order valence-corrected chi connectivity index (χ1v) is 7.56. The Kier molecular flexibility index (Phi) is 5.26. The van der Waals surface area contributed by atoms with Gasteiger partial charge in [-0.2, -0.15) is 0 Å². The van der Waals surface area contributed by atoms with Crippen molar-refractivity contribution in [2.24, 2.45) is 0 Å². The molecule has 0 nitrogen and oxygen atoms in total. The summed E-state index contributed by atoms with van der Waals surface area (Å²) in [5.74, 6) is 0.159. The zero-order chi connectivity index (χ0) is 13.8. The Morgan fingerprint density at radius 3 is 2.42 bits per heavy atom. The lowest BCUT2D eigenvalue weighted by Crippen LogP contribution is -2.06. The van der Waals surface area contributed by atoms with Crippen molar-refractivity contribution in [1.82, 2.24) is 0 Å². The quantitative estimate of drug-likeness (QED) is 0.603. The molecule has 19 heavy (non-hydrogen) atoms. The van der Waals surface area contributed by atoms with Crippen molar-refractivity contribution in [1.29, 1.82) is 0 Å². The van der Waals surface area contributed by atoms with Gasteiger partial charge in [0.05, 0.1) is 5.02 Å². The van der Waals surface area contributed by atoms with Gasteiger partial charge in [-0.25, -0.2) is 4.39 Å². The monoisotopic (exact) mass is 360 g/mol. The molecule has 2 aromatic carbocycles. The van der Waals surface area contributed by atoms with Crippen LogP contribution in [0.3, 0.4) is 0 Å². The molecule has 0 saturated heterocycles. The maximum atomic E-state index is 13.9. The van der Waals surface area contributed by atoms with E-state index < -0.39 is 0 Å². The van der Waals surface area contributed by atoms with Gasteiger partial charge in [0.2, 0.25) is 0 Å². The molecule has 2 rings (SSSR count). The van der Waals surface area contributed by atoms with Gasteiger partial charge in [-0.05, 0) is 35.7 Å². The third-order valence-electron chi connectivity index (χ3n) is 3.03. The molecule has 1 unspecified atom stereocenters. The molecular weight excluding hydrogens is 350 g/mol. The minimum atomic E-state index is -0.351. The first kappa shape index (κ1) is 14.8. The van der Waals surface area contributed by atoms with E-state index in [-0.39, 0.29) is 16.8 Å². The van der Waals surface area contributed by atoms with Gasteiger partial charge in [-0.15, -0.1) is 11.6 Å². The van der Waals surface area contributed by atoms with Crippen molar-refractivity contribution in [2.75, 3.05) is 5.88 Å². The summed E-state index contributed by atoms with van der Waals surface area (Å²) >= 11 is 15.2. The third-order valence-corrected chi connectivity index (χ3v) is 4.22. The first-order chi connectivity index (χ1) is 9.11. The standard InChI is InChI=1S/C15H12BrCl2F/c16-13-6-4-10(5-7-13)12(9-17)8-11-2-1-3-14(18)15(11)19/h1-7,12H,8-9H2. The van der Waals surface area contributed by atoms with Crippen LogP contribution in [0.15, 0.2) is 46.9 Å². The van der Waals surface area contributed by atoms with Crippen LogP contribution < -0.4 is 0 Å². The van der Waals surface area contributed by atoms with E-state index in [9.17, 15) is 4.39 Å². The SMILES string of the molecule is Fc1c(Cl)cccc1CC(CCl)c1ccc(Br)cc1. The maximum Gasteiger partial charge on any atom is 0.144 e. The molecule has 4 heteroatoms. The predicted molar refractivity (Wildman–Crippen MR) is 82.7 cm³/mol. The van der Waals surface area contributed by atoms with Crippen LogP contribution in [-0.2, 0) is 6.42 Å². The van der Waals surface area contributed by atoms with E-state index in [1.165, 1.54) is 0 Å². The van der Waals surface area contributed by atoms with E-state index >= 15 is 0 Å². The molecule has 0 aromatic heterocycles. The van der Waals surface area contributed by atoms with Gasteiger partial charge in [0.15, 0.2) is 0 Å². The van der Waals surface area contributed by atoms with Crippen LogP contribution in [0, 0.1) is 5.82 Å². The summed E-state index contributed by atoms with van der Waals surface area (Å²) < 4.78 is 14.9. The lowest BCUT2D eigenvalue weighted by Gasteiger charge is -2.15. The highest BCUT2D eigenvalue weighted by Crippen LogP contribution is 2.27.